The number of β-amino-alcohol motifs (C(OH)–C–C–N with tert-alkyl or cyclic N) is 2. The molecular formula is C33H41N7O6S2. The van der Waals surface area contributed by atoms with Crippen molar-refractivity contribution in [1.82, 2.24) is 32.0 Å². The number of rotatable bonds is 5. The van der Waals surface area contributed by atoms with Crippen LogP contribution in [0.4, 0.5) is 0 Å². The quantitative estimate of drug-likeness (QED) is 0.322. The fourth-order valence-electron chi connectivity index (χ4n) is 7.94. The lowest BCUT2D eigenvalue weighted by molar-refractivity contribution is 0.0329. The van der Waals surface area contributed by atoms with Crippen LogP contribution in [0.25, 0.3) is 22.5 Å². The van der Waals surface area contributed by atoms with Crippen molar-refractivity contribution < 1.29 is 27.0 Å². The van der Waals surface area contributed by atoms with Crippen LogP contribution in [0.2, 0.25) is 0 Å². The third kappa shape index (κ3) is 5.60. The Bertz CT molecular complexity index is 2030. The average Bonchev–Trinajstić information content (AvgIpc) is 3.83. The molecule has 0 saturated carbocycles. The lowest BCUT2D eigenvalue weighted by atomic mass is 9.84. The number of hydrogen-bond acceptors (Lipinski definition) is 8. The van der Waals surface area contributed by atoms with Crippen molar-refractivity contribution in [3.8, 4) is 22.5 Å². The number of imidazole rings is 2. The van der Waals surface area contributed by atoms with Crippen molar-refractivity contribution in [2.45, 2.75) is 37.1 Å². The molecule has 2 N–H and O–H groups in total. The van der Waals surface area contributed by atoms with E-state index < -0.39 is 32.4 Å². The number of sulfonamides is 1. The summed E-state index contributed by atoms with van der Waals surface area (Å²) in [4.78, 5) is 8.50. The molecule has 2 saturated heterocycles. The summed E-state index contributed by atoms with van der Waals surface area (Å²) < 4.78 is 56.2. The number of aliphatic hydroxyl groups is 2. The second kappa shape index (κ2) is 12.5. The third-order valence-corrected chi connectivity index (χ3v) is 13.5. The molecule has 15 heteroatoms. The van der Waals surface area contributed by atoms with Crippen LogP contribution in [0.3, 0.4) is 0 Å². The van der Waals surface area contributed by atoms with Crippen molar-refractivity contribution in [3.05, 3.63) is 84.7 Å². The van der Waals surface area contributed by atoms with E-state index in [2.05, 4.69) is 43.4 Å². The van der Waals surface area contributed by atoms with E-state index in [4.69, 9.17) is 0 Å². The van der Waals surface area contributed by atoms with Crippen LogP contribution in [0.5, 0.6) is 0 Å². The van der Waals surface area contributed by atoms with Crippen LogP contribution in [0.15, 0.2) is 73.6 Å². The van der Waals surface area contributed by atoms with Gasteiger partial charge in [-0.25, -0.2) is 18.4 Å². The molecule has 8 rings (SSSR count). The summed E-state index contributed by atoms with van der Waals surface area (Å²) in [5.41, 5.74) is 6.75. The van der Waals surface area contributed by atoms with Gasteiger partial charge in [0.1, 0.15) is 0 Å². The minimum absolute atomic E-state index is 0.00656. The minimum Gasteiger partial charge on any atom is -0.391 e. The van der Waals surface area contributed by atoms with Gasteiger partial charge in [0.05, 0.1) is 67.0 Å². The summed E-state index contributed by atoms with van der Waals surface area (Å²) >= 11 is 0. The van der Waals surface area contributed by atoms with Crippen LogP contribution < -0.4 is 0 Å². The van der Waals surface area contributed by atoms with Gasteiger partial charge in [-0.05, 0) is 24.0 Å². The first-order valence-corrected chi connectivity index (χ1v) is 19.3. The van der Waals surface area contributed by atoms with Gasteiger partial charge in [-0.3, -0.25) is 0 Å². The van der Waals surface area contributed by atoms with Crippen LogP contribution in [-0.2, 0) is 20.2 Å². The van der Waals surface area contributed by atoms with Crippen LogP contribution in [0.1, 0.15) is 36.1 Å². The number of aliphatic hydroxyl groups excluding tert-OH is 2. The van der Waals surface area contributed by atoms with Gasteiger partial charge in [0.2, 0.25) is 10.0 Å². The van der Waals surface area contributed by atoms with Crippen molar-refractivity contribution in [2.75, 3.05) is 46.5 Å². The number of aromatic nitrogens is 4. The van der Waals surface area contributed by atoms with Crippen LogP contribution in [0, 0.1) is 11.8 Å². The second-order valence-electron chi connectivity index (χ2n) is 13.2. The topological polar surface area (TPSA) is 154 Å². The standard InChI is InChI=1S/C17H22N4O3S.C16H19N3O3S/c1-19(2)25(23,24)20-8-7-14(16(22)10-20)17-13-6-4-3-5-12(13)15-9-18-11-21(15)17;1-23(21,22)18-7-6-13(15(20)9-18)16-12-5-3-2-4-11(12)14-8-17-10-19(14)16/h3-6,9,11,14,16-17,22H,7-8,10H2,1-2H3;2-5,8,10,13,15-16,20H,6-7,9H2,1H3. The summed E-state index contributed by atoms with van der Waals surface area (Å²) in [6.45, 7) is 1.13. The maximum Gasteiger partial charge on any atom is 0.281 e. The fraction of sp³-hybridized carbons (Fsp3) is 0.455. The lowest BCUT2D eigenvalue weighted by Gasteiger charge is -2.39. The predicted molar refractivity (Wildman–Crippen MR) is 180 cm³/mol. The Morgan fingerprint density at radius 2 is 1.15 bits per heavy atom. The molecule has 4 aromatic rings. The maximum atomic E-state index is 12.3. The van der Waals surface area contributed by atoms with Crippen molar-refractivity contribution in [2.24, 2.45) is 11.8 Å². The first-order chi connectivity index (χ1) is 22.9. The Kier molecular flexibility index (Phi) is 8.59. The van der Waals surface area contributed by atoms with Gasteiger partial charge in [0.25, 0.3) is 10.2 Å². The number of fused-ring (bicyclic) bond motifs is 6. The molecule has 6 atom stereocenters. The van der Waals surface area contributed by atoms with Crippen LogP contribution >= 0.6 is 0 Å². The summed E-state index contributed by atoms with van der Waals surface area (Å²) in [6.07, 6.45) is 8.30. The number of benzene rings is 2. The Hall–Kier alpha value is -3.44. The SMILES string of the molecule is CN(C)S(=O)(=O)N1CCC(C2c3ccccc3-c3cncn32)C(O)C1.CS(=O)(=O)N1CCC(C2c3ccccc3-c3cncn32)C(O)C1. The van der Waals surface area contributed by atoms with Gasteiger partial charge in [-0.2, -0.15) is 21.3 Å². The smallest absolute Gasteiger partial charge is 0.281 e. The first-order valence-electron chi connectivity index (χ1n) is 16.1. The Morgan fingerprint density at radius 3 is 1.58 bits per heavy atom. The van der Waals surface area contributed by atoms with Crippen molar-refractivity contribution in [1.29, 1.82) is 0 Å². The monoisotopic (exact) mass is 695 g/mol. The summed E-state index contributed by atoms with van der Waals surface area (Å²) in [7, 11) is -3.74. The lowest BCUT2D eigenvalue weighted by Crippen LogP contribution is -2.51. The van der Waals surface area contributed by atoms with Gasteiger partial charge in [0, 0.05) is 63.2 Å². The van der Waals surface area contributed by atoms with Gasteiger partial charge in [-0.15, -0.1) is 0 Å². The molecule has 6 unspecified atom stereocenters. The van der Waals surface area contributed by atoms with Crippen LogP contribution in [-0.4, -0.2) is 118 Å². The van der Waals surface area contributed by atoms with E-state index in [9.17, 15) is 27.0 Å². The zero-order chi connectivity index (χ0) is 34.0. The minimum atomic E-state index is -3.50. The predicted octanol–water partition coefficient (Wildman–Crippen LogP) is 2.04. The molecule has 4 aliphatic rings. The molecule has 0 amide bonds. The highest BCUT2D eigenvalue weighted by molar-refractivity contribution is 7.88. The summed E-state index contributed by atoms with van der Waals surface area (Å²) in [6, 6.07) is 16.3. The van der Waals surface area contributed by atoms with E-state index >= 15 is 0 Å². The highest BCUT2D eigenvalue weighted by Crippen LogP contribution is 2.47. The molecule has 2 aromatic heterocycles. The molecular weight excluding hydrogens is 655 g/mol. The number of nitrogens with zero attached hydrogens (tertiary/aromatic N) is 7. The molecule has 4 aliphatic heterocycles. The van der Waals surface area contributed by atoms with E-state index in [1.165, 1.54) is 44.4 Å². The van der Waals surface area contributed by atoms with E-state index in [1.54, 1.807) is 12.7 Å². The molecule has 0 radical (unpaired) electrons. The fourth-order valence-corrected chi connectivity index (χ4v) is 9.94. The zero-order valence-electron chi connectivity index (χ0n) is 27.1. The second-order valence-corrected chi connectivity index (χ2v) is 17.4. The number of piperidine rings is 2. The van der Waals surface area contributed by atoms with Crippen molar-refractivity contribution in [3.63, 3.8) is 0 Å². The normalized spacial score (nSPS) is 27.1. The average molecular weight is 696 g/mol. The molecule has 6 heterocycles. The zero-order valence-corrected chi connectivity index (χ0v) is 28.7. The molecule has 0 aliphatic carbocycles. The molecule has 0 spiro atoms. The molecule has 2 aromatic carbocycles. The summed E-state index contributed by atoms with van der Waals surface area (Å²) in [5.74, 6) is -0.0742. The third-order valence-electron chi connectivity index (χ3n) is 10.3. The Morgan fingerprint density at radius 1 is 0.708 bits per heavy atom. The van der Waals surface area contributed by atoms with E-state index in [0.717, 1.165) is 22.5 Å². The van der Waals surface area contributed by atoms with Crippen molar-refractivity contribution >= 4 is 20.2 Å². The first kappa shape index (κ1) is 33.1. The number of hydrogen-bond donors (Lipinski definition) is 2. The van der Waals surface area contributed by atoms with E-state index in [0.29, 0.717) is 25.9 Å². The molecule has 13 nitrogen and oxygen atoms in total. The van der Waals surface area contributed by atoms with E-state index in [1.807, 2.05) is 36.7 Å². The Balaban J connectivity index is 0.000000152. The largest absolute Gasteiger partial charge is 0.391 e. The molecule has 2 fully saturated rings. The summed E-state index contributed by atoms with van der Waals surface area (Å²) in [5, 5.41) is 21.4. The molecule has 256 valence electrons. The highest BCUT2D eigenvalue weighted by atomic mass is 32.2. The molecule has 0 bridgehead atoms. The maximum absolute atomic E-state index is 12.3. The highest BCUT2D eigenvalue weighted by Gasteiger charge is 2.43. The van der Waals surface area contributed by atoms with Gasteiger partial charge < -0.3 is 19.3 Å². The molecule has 48 heavy (non-hydrogen) atoms. The van der Waals surface area contributed by atoms with Gasteiger partial charge in [-0.1, -0.05) is 48.5 Å². The van der Waals surface area contributed by atoms with Gasteiger partial charge in [0.15, 0.2) is 0 Å². The van der Waals surface area contributed by atoms with Gasteiger partial charge >= 0.3 is 0 Å². The van der Waals surface area contributed by atoms with E-state index in [-0.39, 0.29) is 37.0 Å². The Labute approximate surface area is 281 Å².